The molecule has 0 spiro atoms. The maximum Gasteiger partial charge on any atom is 0.255 e. The summed E-state index contributed by atoms with van der Waals surface area (Å²) in [7, 11) is 1.51. The van der Waals surface area contributed by atoms with E-state index < -0.39 is 6.04 Å². The van der Waals surface area contributed by atoms with Crippen LogP contribution in [0.3, 0.4) is 0 Å². The third-order valence-electron chi connectivity index (χ3n) is 4.34. The van der Waals surface area contributed by atoms with Crippen LogP contribution in [0, 0.1) is 5.92 Å². The van der Waals surface area contributed by atoms with Gasteiger partial charge in [0.25, 0.3) is 5.91 Å². The van der Waals surface area contributed by atoms with E-state index in [4.69, 9.17) is 4.74 Å². The van der Waals surface area contributed by atoms with Crippen LogP contribution in [0.15, 0.2) is 48.5 Å². The molecular weight excluding hydrogens is 374 g/mol. The van der Waals surface area contributed by atoms with Crippen molar-refractivity contribution in [2.75, 3.05) is 7.11 Å². The lowest BCUT2D eigenvalue weighted by molar-refractivity contribution is -0.124. The first-order valence-electron chi connectivity index (χ1n) is 9.05. The van der Waals surface area contributed by atoms with Crippen molar-refractivity contribution in [1.29, 1.82) is 0 Å². The highest BCUT2D eigenvalue weighted by molar-refractivity contribution is 7.18. The molecular formula is C21H23N3O3S. The first-order valence-corrected chi connectivity index (χ1v) is 9.87. The van der Waals surface area contributed by atoms with Gasteiger partial charge in [0.1, 0.15) is 16.8 Å². The maximum absolute atomic E-state index is 12.7. The molecule has 2 aromatic carbocycles. The molecule has 28 heavy (non-hydrogen) atoms. The van der Waals surface area contributed by atoms with Crippen LogP contribution >= 0.6 is 11.3 Å². The van der Waals surface area contributed by atoms with Crippen LogP contribution in [0.1, 0.15) is 29.2 Å². The second-order valence-corrected chi connectivity index (χ2v) is 7.80. The van der Waals surface area contributed by atoms with Crippen LogP contribution in [-0.4, -0.2) is 29.9 Å². The highest BCUT2D eigenvalue weighted by Gasteiger charge is 2.25. The van der Waals surface area contributed by atoms with E-state index >= 15 is 0 Å². The number of aromatic nitrogens is 1. The average Bonchev–Trinajstić information content (AvgIpc) is 3.12. The second kappa shape index (κ2) is 8.84. The summed E-state index contributed by atoms with van der Waals surface area (Å²) < 4.78 is 6.32. The van der Waals surface area contributed by atoms with Gasteiger partial charge < -0.3 is 15.4 Å². The molecule has 0 aliphatic heterocycles. The van der Waals surface area contributed by atoms with Gasteiger partial charge in [-0.3, -0.25) is 9.59 Å². The summed E-state index contributed by atoms with van der Waals surface area (Å²) in [5.74, 6) is -0.185. The minimum atomic E-state index is -0.660. The number of methoxy groups -OCH3 is 1. The van der Waals surface area contributed by atoms with Gasteiger partial charge in [0, 0.05) is 0 Å². The van der Waals surface area contributed by atoms with E-state index in [9.17, 15) is 9.59 Å². The van der Waals surface area contributed by atoms with E-state index in [2.05, 4.69) is 15.6 Å². The number of nitrogens with zero attached hydrogens (tertiary/aromatic N) is 1. The zero-order chi connectivity index (χ0) is 20.1. The smallest absolute Gasteiger partial charge is 0.255 e. The molecule has 1 atom stereocenters. The lowest BCUT2D eigenvalue weighted by Crippen LogP contribution is -2.49. The summed E-state index contributed by atoms with van der Waals surface area (Å²) in [6, 6.07) is 14.1. The highest BCUT2D eigenvalue weighted by atomic mass is 32.1. The molecule has 0 radical (unpaired) electrons. The number of fused-ring (bicyclic) bond motifs is 1. The van der Waals surface area contributed by atoms with Gasteiger partial charge in [-0.2, -0.15) is 0 Å². The molecule has 1 aromatic heterocycles. The molecule has 2 N–H and O–H groups in total. The zero-order valence-corrected chi connectivity index (χ0v) is 16.9. The summed E-state index contributed by atoms with van der Waals surface area (Å²) >= 11 is 1.55. The van der Waals surface area contributed by atoms with Crippen LogP contribution in [0.2, 0.25) is 0 Å². The Kier molecular flexibility index (Phi) is 6.26. The third-order valence-corrected chi connectivity index (χ3v) is 5.38. The normalized spacial score (nSPS) is 12.0. The standard InChI is InChI=1S/C21H23N3O3S/c1-13(2)19(24-20(25)14-8-4-6-10-16(14)27-3)21(26)22-12-18-23-15-9-5-7-11-17(15)28-18/h4-11,13,19H,12H2,1-3H3,(H,22,26)(H,24,25). The van der Waals surface area contributed by atoms with Crippen LogP contribution in [0.25, 0.3) is 10.2 Å². The predicted octanol–water partition coefficient (Wildman–Crippen LogP) is 3.38. The minimum Gasteiger partial charge on any atom is -0.496 e. The van der Waals surface area contributed by atoms with Gasteiger partial charge in [0.05, 0.1) is 29.4 Å². The van der Waals surface area contributed by atoms with Gasteiger partial charge in [-0.15, -0.1) is 11.3 Å². The molecule has 0 fully saturated rings. The van der Waals surface area contributed by atoms with Gasteiger partial charge in [0.15, 0.2) is 0 Å². The van der Waals surface area contributed by atoms with Crippen molar-refractivity contribution < 1.29 is 14.3 Å². The number of benzene rings is 2. The fraction of sp³-hybridized carbons (Fsp3) is 0.286. The van der Waals surface area contributed by atoms with E-state index in [0.29, 0.717) is 17.9 Å². The molecule has 2 amide bonds. The lowest BCUT2D eigenvalue weighted by atomic mass is 10.0. The average molecular weight is 398 g/mol. The van der Waals surface area contributed by atoms with Crippen molar-refractivity contribution in [2.24, 2.45) is 5.92 Å². The fourth-order valence-electron chi connectivity index (χ4n) is 2.85. The highest BCUT2D eigenvalue weighted by Crippen LogP contribution is 2.21. The number of ether oxygens (including phenoxy) is 1. The molecule has 0 aliphatic rings. The summed E-state index contributed by atoms with van der Waals surface area (Å²) in [4.78, 5) is 29.9. The monoisotopic (exact) mass is 397 g/mol. The summed E-state index contributed by atoms with van der Waals surface area (Å²) in [6.45, 7) is 4.11. The molecule has 3 aromatic rings. The molecule has 0 saturated carbocycles. The topological polar surface area (TPSA) is 80.3 Å². The van der Waals surface area contributed by atoms with Gasteiger partial charge >= 0.3 is 0 Å². The fourth-order valence-corrected chi connectivity index (χ4v) is 3.76. The van der Waals surface area contributed by atoms with Crippen LogP contribution in [0.5, 0.6) is 5.75 Å². The van der Waals surface area contributed by atoms with Crippen molar-refractivity contribution >= 4 is 33.4 Å². The number of hydrogen-bond acceptors (Lipinski definition) is 5. The Morgan fingerprint density at radius 3 is 2.54 bits per heavy atom. The maximum atomic E-state index is 12.7. The third kappa shape index (κ3) is 4.48. The Morgan fingerprint density at radius 2 is 1.82 bits per heavy atom. The lowest BCUT2D eigenvalue weighted by Gasteiger charge is -2.22. The Labute approximate surface area is 167 Å². The van der Waals surface area contributed by atoms with Crippen LogP contribution < -0.4 is 15.4 Å². The molecule has 0 saturated heterocycles. The van der Waals surface area contributed by atoms with E-state index in [-0.39, 0.29) is 17.7 Å². The van der Waals surface area contributed by atoms with Crippen LogP contribution in [0.4, 0.5) is 0 Å². The first-order chi connectivity index (χ1) is 13.5. The molecule has 3 rings (SSSR count). The number of rotatable bonds is 7. The number of hydrogen-bond donors (Lipinski definition) is 2. The minimum absolute atomic E-state index is 0.0750. The van der Waals surface area contributed by atoms with Gasteiger partial charge in [-0.25, -0.2) is 4.98 Å². The van der Waals surface area contributed by atoms with Crippen molar-refractivity contribution in [3.8, 4) is 5.75 Å². The zero-order valence-electron chi connectivity index (χ0n) is 16.1. The molecule has 6 nitrogen and oxygen atoms in total. The van der Waals surface area contributed by atoms with Crippen molar-refractivity contribution in [3.63, 3.8) is 0 Å². The van der Waals surface area contributed by atoms with E-state index in [0.717, 1.165) is 15.2 Å². The van der Waals surface area contributed by atoms with Gasteiger partial charge in [0.2, 0.25) is 5.91 Å². The summed E-state index contributed by atoms with van der Waals surface area (Å²) in [6.07, 6.45) is 0. The molecule has 1 heterocycles. The Morgan fingerprint density at radius 1 is 1.11 bits per heavy atom. The molecule has 1 unspecified atom stereocenters. The predicted molar refractivity (Wildman–Crippen MR) is 111 cm³/mol. The quantitative estimate of drug-likeness (QED) is 0.641. The number of carbonyl (C=O) groups excluding carboxylic acids is 2. The molecule has 7 heteroatoms. The van der Waals surface area contributed by atoms with Crippen molar-refractivity contribution in [2.45, 2.75) is 26.4 Å². The Hall–Kier alpha value is -2.93. The molecule has 0 aliphatic carbocycles. The number of carbonyl (C=O) groups is 2. The number of para-hydroxylation sites is 2. The van der Waals surface area contributed by atoms with E-state index in [1.807, 2.05) is 38.1 Å². The Balaban J connectivity index is 1.67. The van der Waals surface area contributed by atoms with Gasteiger partial charge in [-0.1, -0.05) is 38.1 Å². The first kappa shape index (κ1) is 19.8. The van der Waals surface area contributed by atoms with Crippen LogP contribution in [-0.2, 0) is 11.3 Å². The SMILES string of the molecule is COc1ccccc1C(=O)NC(C(=O)NCc1nc2ccccc2s1)C(C)C. The van der Waals surface area contributed by atoms with E-state index in [1.165, 1.54) is 7.11 Å². The molecule has 0 bridgehead atoms. The Bertz CT molecular complexity index is 951. The largest absolute Gasteiger partial charge is 0.496 e. The van der Waals surface area contributed by atoms with E-state index in [1.54, 1.807) is 35.6 Å². The summed E-state index contributed by atoms with van der Waals surface area (Å²) in [5.41, 5.74) is 1.32. The number of nitrogens with one attached hydrogen (secondary N) is 2. The number of thiazole rings is 1. The summed E-state index contributed by atoms with van der Waals surface area (Å²) in [5, 5.41) is 6.54. The van der Waals surface area contributed by atoms with Crippen molar-refractivity contribution in [1.82, 2.24) is 15.6 Å². The van der Waals surface area contributed by atoms with Gasteiger partial charge in [-0.05, 0) is 30.2 Å². The second-order valence-electron chi connectivity index (χ2n) is 6.69. The number of amides is 2. The molecule has 146 valence electrons. The van der Waals surface area contributed by atoms with Crippen molar-refractivity contribution in [3.05, 3.63) is 59.1 Å².